The fourth-order valence-electron chi connectivity index (χ4n) is 1.78. The summed E-state index contributed by atoms with van der Waals surface area (Å²) in [6, 6.07) is 4.06. The average molecular weight is 425 g/mol. The van der Waals surface area contributed by atoms with Crippen LogP contribution in [0.2, 0.25) is 0 Å². The minimum atomic E-state index is 0.939. The van der Waals surface area contributed by atoms with Crippen molar-refractivity contribution in [2.24, 2.45) is 4.99 Å². The Morgan fingerprint density at radius 2 is 1.71 bits per heavy atom. The van der Waals surface area contributed by atoms with Crippen LogP contribution >= 0.6 is 47.8 Å². The lowest BCUT2D eigenvalue weighted by Crippen LogP contribution is -2.12. The number of amidine groups is 1. The van der Waals surface area contributed by atoms with Gasteiger partial charge in [-0.3, -0.25) is 4.99 Å². The molecule has 1 N–H and O–H groups in total. The Morgan fingerprint density at radius 3 is 2.41 bits per heavy atom. The standard InChI is InChI=1S/C12H13Br3N2/c13-8-6-9(14)12(10(15)7-8)17-11-4-2-1-3-5-16-11/h6-7H,1-5H2,(H,16,17). The van der Waals surface area contributed by atoms with Gasteiger partial charge in [-0.1, -0.05) is 22.4 Å². The molecular formula is C12H13Br3N2. The van der Waals surface area contributed by atoms with Gasteiger partial charge < -0.3 is 5.32 Å². The highest BCUT2D eigenvalue weighted by Gasteiger charge is 2.10. The van der Waals surface area contributed by atoms with Gasteiger partial charge in [-0.2, -0.15) is 0 Å². The van der Waals surface area contributed by atoms with Crippen molar-refractivity contribution >= 4 is 59.3 Å². The largest absolute Gasteiger partial charge is 0.342 e. The number of nitrogens with zero attached hydrogens (tertiary/aromatic N) is 1. The number of rotatable bonds is 1. The molecule has 2 rings (SSSR count). The minimum Gasteiger partial charge on any atom is -0.342 e. The number of nitrogens with one attached hydrogen (secondary N) is 1. The van der Waals surface area contributed by atoms with Crippen LogP contribution < -0.4 is 5.32 Å². The van der Waals surface area contributed by atoms with Crippen LogP contribution in [0.4, 0.5) is 5.69 Å². The highest BCUT2D eigenvalue weighted by Crippen LogP contribution is 2.34. The first-order valence-electron chi connectivity index (χ1n) is 5.62. The zero-order chi connectivity index (χ0) is 12.3. The Balaban J connectivity index is 2.20. The van der Waals surface area contributed by atoms with Crippen LogP contribution in [0.15, 0.2) is 30.5 Å². The van der Waals surface area contributed by atoms with Crippen LogP contribution in [0.25, 0.3) is 0 Å². The van der Waals surface area contributed by atoms with E-state index in [1.165, 1.54) is 19.3 Å². The van der Waals surface area contributed by atoms with E-state index in [9.17, 15) is 0 Å². The lowest BCUT2D eigenvalue weighted by atomic mass is 10.2. The molecule has 5 heteroatoms. The van der Waals surface area contributed by atoms with Crippen LogP contribution in [-0.2, 0) is 0 Å². The topological polar surface area (TPSA) is 24.4 Å². The lowest BCUT2D eigenvalue weighted by molar-refractivity contribution is 0.731. The molecule has 1 aromatic carbocycles. The molecule has 1 heterocycles. The fraction of sp³-hybridized carbons (Fsp3) is 0.417. The van der Waals surface area contributed by atoms with Crippen molar-refractivity contribution in [2.45, 2.75) is 25.7 Å². The summed E-state index contributed by atoms with van der Waals surface area (Å²) >= 11 is 10.6. The van der Waals surface area contributed by atoms with Crippen LogP contribution in [0, 0.1) is 0 Å². The van der Waals surface area contributed by atoms with Crippen molar-refractivity contribution in [1.29, 1.82) is 0 Å². The normalized spacial score (nSPS) is 16.3. The summed E-state index contributed by atoms with van der Waals surface area (Å²) in [5.74, 6) is 1.09. The van der Waals surface area contributed by atoms with Crippen molar-refractivity contribution in [3.63, 3.8) is 0 Å². The summed E-state index contributed by atoms with van der Waals surface area (Å²) in [7, 11) is 0. The van der Waals surface area contributed by atoms with Crippen LogP contribution in [-0.4, -0.2) is 12.4 Å². The third-order valence-corrected chi connectivity index (χ3v) is 4.36. The molecule has 0 atom stereocenters. The first kappa shape index (κ1) is 13.6. The van der Waals surface area contributed by atoms with E-state index >= 15 is 0 Å². The van der Waals surface area contributed by atoms with Crippen molar-refractivity contribution in [3.8, 4) is 0 Å². The Hall–Kier alpha value is 0.130. The van der Waals surface area contributed by atoms with Gasteiger partial charge in [0.1, 0.15) is 5.84 Å². The molecule has 1 aromatic rings. The van der Waals surface area contributed by atoms with Crippen molar-refractivity contribution < 1.29 is 0 Å². The van der Waals surface area contributed by atoms with Crippen molar-refractivity contribution in [2.75, 3.05) is 11.9 Å². The van der Waals surface area contributed by atoms with Crippen molar-refractivity contribution in [3.05, 3.63) is 25.6 Å². The molecule has 0 saturated carbocycles. The number of hydrogen-bond donors (Lipinski definition) is 1. The summed E-state index contributed by atoms with van der Waals surface area (Å²) in [5, 5.41) is 3.42. The van der Waals surface area contributed by atoms with Gasteiger partial charge in [0.25, 0.3) is 0 Å². The summed E-state index contributed by atoms with van der Waals surface area (Å²) < 4.78 is 3.11. The molecule has 1 aliphatic heterocycles. The number of benzene rings is 1. The van der Waals surface area contributed by atoms with E-state index in [0.717, 1.165) is 37.9 Å². The molecule has 0 unspecified atom stereocenters. The minimum absolute atomic E-state index is 0.939. The van der Waals surface area contributed by atoms with E-state index in [0.29, 0.717) is 0 Å². The predicted molar refractivity (Wildman–Crippen MR) is 83.9 cm³/mol. The molecule has 2 nitrogen and oxygen atoms in total. The van der Waals surface area contributed by atoms with Gasteiger partial charge >= 0.3 is 0 Å². The zero-order valence-corrected chi connectivity index (χ0v) is 14.0. The Kier molecular flexibility index (Phi) is 5.06. The van der Waals surface area contributed by atoms with Crippen LogP contribution in [0.3, 0.4) is 0 Å². The summed E-state index contributed by atoms with van der Waals surface area (Å²) in [6.45, 7) is 0.939. The molecule has 0 bridgehead atoms. The summed E-state index contributed by atoms with van der Waals surface area (Å²) in [4.78, 5) is 4.58. The molecule has 17 heavy (non-hydrogen) atoms. The van der Waals surface area contributed by atoms with Gasteiger partial charge in [0.05, 0.1) is 5.69 Å². The zero-order valence-electron chi connectivity index (χ0n) is 9.27. The summed E-state index contributed by atoms with van der Waals surface area (Å²) in [5.41, 5.74) is 1.05. The molecule has 0 amide bonds. The van der Waals surface area contributed by atoms with E-state index in [4.69, 9.17) is 0 Å². The molecule has 0 aromatic heterocycles. The van der Waals surface area contributed by atoms with Gasteiger partial charge in [0.15, 0.2) is 0 Å². The van der Waals surface area contributed by atoms with E-state index in [1.807, 2.05) is 12.1 Å². The molecule has 0 radical (unpaired) electrons. The SMILES string of the molecule is Brc1cc(Br)c(NC2=NCCCCC2)c(Br)c1. The third-order valence-electron chi connectivity index (χ3n) is 2.65. The Bertz CT molecular complexity index is 420. The molecule has 0 aliphatic carbocycles. The smallest absolute Gasteiger partial charge is 0.101 e. The van der Waals surface area contributed by atoms with Crippen molar-refractivity contribution in [1.82, 2.24) is 0 Å². The maximum atomic E-state index is 4.58. The monoisotopic (exact) mass is 422 g/mol. The van der Waals surface area contributed by atoms with Gasteiger partial charge in [-0.25, -0.2) is 0 Å². The van der Waals surface area contributed by atoms with Gasteiger partial charge in [-0.05, 0) is 56.8 Å². The molecule has 1 aliphatic rings. The maximum absolute atomic E-state index is 4.58. The van der Waals surface area contributed by atoms with E-state index in [1.54, 1.807) is 0 Å². The second-order valence-corrected chi connectivity index (χ2v) is 6.63. The lowest BCUT2D eigenvalue weighted by Gasteiger charge is -2.12. The van der Waals surface area contributed by atoms with Gasteiger partial charge in [0.2, 0.25) is 0 Å². The number of halogens is 3. The average Bonchev–Trinajstić information content (AvgIpc) is 2.51. The third kappa shape index (κ3) is 3.80. The van der Waals surface area contributed by atoms with Crippen LogP contribution in [0.5, 0.6) is 0 Å². The van der Waals surface area contributed by atoms with E-state index in [2.05, 4.69) is 58.1 Å². The Morgan fingerprint density at radius 1 is 1.00 bits per heavy atom. The fourth-order valence-corrected chi connectivity index (χ4v) is 4.24. The number of aliphatic imine (C=N–C) groups is 1. The van der Waals surface area contributed by atoms with E-state index < -0.39 is 0 Å². The molecule has 0 fully saturated rings. The predicted octanol–water partition coefficient (Wildman–Crippen LogP) is 5.36. The first-order valence-corrected chi connectivity index (χ1v) is 7.99. The second-order valence-electron chi connectivity index (χ2n) is 4.01. The Labute approximate surface area is 127 Å². The number of anilines is 1. The second kappa shape index (κ2) is 6.34. The highest BCUT2D eigenvalue weighted by molar-refractivity contribution is 9.11. The molecule has 92 valence electrons. The van der Waals surface area contributed by atoms with E-state index in [-0.39, 0.29) is 0 Å². The number of hydrogen-bond acceptors (Lipinski definition) is 2. The molecule has 0 saturated heterocycles. The highest BCUT2D eigenvalue weighted by atomic mass is 79.9. The molecular weight excluding hydrogens is 412 g/mol. The van der Waals surface area contributed by atoms with Gasteiger partial charge in [0, 0.05) is 26.4 Å². The first-order chi connectivity index (χ1) is 8.16. The summed E-state index contributed by atoms with van der Waals surface area (Å²) in [6.07, 6.45) is 4.73. The quantitative estimate of drug-likeness (QED) is 0.644. The van der Waals surface area contributed by atoms with Gasteiger partial charge in [-0.15, -0.1) is 0 Å². The molecule has 0 spiro atoms. The van der Waals surface area contributed by atoms with Crippen LogP contribution in [0.1, 0.15) is 25.7 Å². The maximum Gasteiger partial charge on any atom is 0.101 e.